The molecule has 0 unspecified atom stereocenters. The Hall–Kier alpha value is -1.95. The lowest BCUT2D eigenvalue weighted by Crippen LogP contribution is -2.22. The first-order valence-electron chi connectivity index (χ1n) is 6.29. The molecule has 1 rings (SSSR count). The number of amidine groups is 1. The van der Waals surface area contributed by atoms with E-state index in [2.05, 4.69) is 5.16 Å². The van der Waals surface area contributed by atoms with Crippen molar-refractivity contribution in [3.8, 4) is 11.5 Å². The largest absolute Gasteiger partial charge is 0.497 e. The van der Waals surface area contributed by atoms with Crippen molar-refractivity contribution in [3.05, 3.63) is 23.8 Å². The standard InChI is InChI=1S/C14H22N2O4/c1-14(2,3)20-6-5-19-12-8-10(13(15)16-17)7-11(9-12)18-4/h7-9,17H,5-6H2,1-4H3,(H2,15,16). The maximum atomic E-state index is 8.71. The molecule has 0 saturated carbocycles. The molecule has 6 nitrogen and oxygen atoms in total. The second-order valence-corrected chi connectivity index (χ2v) is 5.19. The van der Waals surface area contributed by atoms with E-state index < -0.39 is 0 Å². The van der Waals surface area contributed by atoms with Gasteiger partial charge in [0.2, 0.25) is 0 Å². The summed E-state index contributed by atoms with van der Waals surface area (Å²) in [4.78, 5) is 0. The normalized spacial score (nSPS) is 12.3. The van der Waals surface area contributed by atoms with Gasteiger partial charge in [0.1, 0.15) is 18.1 Å². The van der Waals surface area contributed by atoms with Crippen molar-refractivity contribution in [2.45, 2.75) is 26.4 Å². The van der Waals surface area contributed by atoms with Gasteiger partial charge < -0.3 is 25.2 Å². The molecule has 0 amide bonds. The van der Waals surface area contributed by atoms with Crippen LogP contribution in [0.15, 0.2) is 23.4 Å². The zero-order valence-electron chi connectivity index (χ0n) is 12.3. The van der Waals surface area contributed by atoms with Crippen molar-refractivity contribution in [3.63, 3.8) is 0 Å². The molecule has 112 valence electrons. The summed E-state index contributed by atoms with van der Waals surface area (Å²) in [5.41, 5.74) is 5.89. The maximum absolute atomic E-state index is 8.71. The summed E-state index contributed by atoms with van der Waals surface area (Å²) in [6, 6.07) is 5.06. The van der Waals surface area contributed by atoms with Crippen LogP contribution in [-0.2, 0) is 4.74 Å². The van der Waals surface area contributed by atoms with E-state index in [1.807, 2.05) is 20.8 Å². The van der Waals surface area contributed by atoms with Gasteiger partial charge in [0.25, 0.3) is 0 Å². The minimum Gasteiger partial charge on any atom is -0.497 e. The fraction of sp³-hybridized carbons (Fsp3) is 0.500. The van der Waals surface area contributed by atoms with Crippen LogP contribution < -0.4 is 15.2 Å². The van der Waals surface area contributed by atoms with Gasteiger partial charge >= 0.3 is 0 Å². The Kier molecular flexibility index (Phi) is 5.64. The summed E-state index contributed by atoms with van der Waals surface area (Å²) in [6.45, 7) is 6.82. The van der Waals surface area contributed by atoms with Gasteiger partial charge in [-0.05, 0) is 32.9 Å². The van der Waals surface area contributed by atoms with Gasteiger partial charge in [0.05, 0.1) is 19.3 Å². The Morgan fingerprint density at radius 3 is 2.40 bits per heavy atom. The van der Waals surface area contributed by atoms with Crippen molar-refractivity contribution >= 4 is 5.84 Å². The summed E-state index contributed by atoms with van der Waals surface area (Å²) in [7, 11) is 1.54. The molecule has 3 N–H and O–H groups in total. The third-order valence-corrected chi connectivity index (χ3v) is 2.41. The Labute approximate surface area is 119 Å². The van der Waals surface area contributed by atoms with Crippen LogP contribution in [0.3, 0.4) is 0 Å². The summed E-state index contributed by atoms with van der Waals surface area (Å²) < 4.78 is 16.3. The first-order valence-corrected chi connectivity index (χ1v) is 6.29. The van der Waals surface area contributed by atoms with Crippen LogP contribution in [0.2, 0.25) is 0 Å². The summed E-state index contributed by atoms with van der Waals surface area (Å²) in [5, 5.41) is 11.7. The first kappa shape index (κ1) is 16.1. The molecule has 1 aromatic rings. The van der Waals surface area contributed by atoms with E-state index in [1.165, 1.54) is 7.11 Å². The van der Waals surface area contributed by atoms with Crippen LogP contribution in [0.25, 0.3) is 0 Å². The Morgan fingerprint density at radius 1 is 1.20 bits per heavy atom. The molecule has 0 spiro atoms. The van der Waals surface area contributed by atoms with Crippen molar-refractivity contribution in [2.75, 3.05) is 20.3 Å². The lowest BCUT2D eigenvalue weighted by molar-refractivity contribution is -0.0163. The number of hydrogen-bond acceptors (Lipinski definition) is 5. The average molecular weight is 282 g/mol. The van der Waals surface area contributed by atoms with Gasteiger partial charge in [-0.1, -0.05) is 5.16 Å². The van der Waals surface area contributed by atoms with E-state index >= 15 is 0 Å². The van der Waals surface area contributed by atoms with Crippen molar-refractivity contribution < 1.29 is 19.4 Å². The highest BCUT2D eigenvalue weighted by Crippen LogP contribution is 2.22. The smallest absolute Gasteiger partial charge is 0.170 e. The number of nitrogens with zero attached hydrogens (tertiary/aromatic N) is 1. The van der Waals surface area contributed by atoms with Crippen LogP contribution in [0, 0.1) is 0 Å². The predicted molar refractivity (Wildman–Crippen MR) is 76.7 cm³/mol. The molecule has 20 heavy (non-hydrogen) atoms. The lowest BCUT2D eigenvalue weighted by atomic mass is 10.2. The number of oxime groups is 1. The van der Waals surface area contributed by atoms with Crippen LogP contribution in [0.1, 0.15) is 26.3 Å². The molecule has 0 atom stereocenters. The number of benzene rings is 1. The number of methoxy groups -OCH3 is 1. The van der Waals surface area contributed by atoms with Gasteiger partial charge in [-0.2, -0.15) is 0 Å². The van der Waals surface area contributed by atoms with E-state index in [0.29, 0.717) is 30.3 Å². The highest BCUT2D eigenvalue weighted by molar-refractivity contribution is 5.97. The lowest BCUT2D eigenvalue weighted by Gasteiger charge is -2.19. The van der Waals surface area contributed by atoms with Crippen LogP contribution in [0.5, 0.6) is 11.5 Å². The molecule has 0 aliphatic rings. The molecular formula is C14H22N2O4. The van der Waals surface area contributed by atoms with Crippen molar-refractivity contribution in [1.82, 2.24) is 0 Å². The number of nitrogens with two attached hydrogens (primary N) is 1. The highest BCUT2D eigenvalue weighted by Gasteiger charge is 2.10. The van der Waals surface area contributed by atoms with Crippen LogP contribution >= 0.6 is 0 Å². The molecule has 0 bridgehead atoms. The molecule has 0 aliphatic heterocycles. The van der Waals surface area contributed by atoms with Gasteiger partial charge in [-0.15, -0.1) is 0 Å². The number of rotatable bonds is 6. The SMILES string of the molecule is COc1cc(OCCOC(C)(C)C)cc(/C(N)=N/O)c1. The van der Waals surface area contributed by atoms with Crippen molar-refractivity contribution in [2.24, 2.45) is 10.9 Å². The van der Waals surface area contributed by atoms with Gasteiger partial charge in [0, 0.05) is 11.6 Å². The van der Waals surface area contributed by atoms with E-state index in [-0.39, 0.29) is 11.4 Å². The van der Waals surface area contributed by atoms with Gasteiger partial charge in [0.15, 0.2) is 5.84 Å². The molecule has 0 radical (unpaired) electrons. The summed E-state index contributed by atoms with van der Waals surface area (Å²) in [6.07, 6.45) is 0. The topological polar surface area (TPSA) is 86.3 Å². The fourth-order valence-corrected chi connectivity index (χ4v) is 1.49. The zero-order valence-corrected chi connectivity index (χ0v) is 12.3. The molecule has 0 aliphatic carbocycles. The van der Waals surface area contributed by atoms with E-state index in [9.17, 15) is 0 Å². The van der Waals surface area contributed by atoms with E-state index in [0.717, 1.165) is 0 Å². The third-order valence-electron chi connectivity index (χ3n) is 2.41. The number of ether oxygens (including phenoxy) is 3. The minimum atomic E-state index is -0.198. The maximum Gasteiger partial charge on any atom is 0.170 e. The monoisotopic (exact) mass is 282 g/mol. The zero-order chi connectivity index (χ0) is 15.2. The summed E-state index contributed by atoms with van der Waals surface area (Å²) >= 11 is 0. The second kappa shape index (κ2) is 7.00. The number of hydrogen-bond donors (Lipinski definition) is 2. The Morgan fingerprint density at radius 2 is 1.85 bits per heavy atom. The molecule has 0 saturated heterocycles. The molecule has 0 fully saturated rings. The Balaban J connectivity index is 2.70. The van der Waals surface area contributed by atoms with Crippen molar-refractivity contribution in [1.29, 1.82) is 0 Å². The van der Waals surface area contributed by atoms with Gasteiger partial charge in [-0.25, -0.2) is 0 Å². The van der Waals surface area contributed by atoms with Crippen LogP contribution in [-0.4, -0.2) is 37.0 Å². The molecular weight excluding hydrogens is 260 g/mol. The minimum absolute atomic E-state index is 0.000286. The molecule has 0 aromatic heterocycles. The molecule has 0 heterocycles. The van der Waals surface area contributed by atoms with E-state index in [4.69, 9.17) is 25.2 Å². The Bertz CT molecular complexity index is 467. The first-order chi connectivity index (χ1) is 9.35. The van der Waals surface area contributed by atoms with Crippen LogP contribution in [0.4, 0.5) is 0 Å². The molecule has 6 heteroatoms. The predicted octanol–water partition coefficient (Wildman–Crippen LogP) is 1.98. The average Bonchev–Trinajstić information content (AvgIpc) is 2.41. The highest BCUT2D eigenvalue weighted by atomic mass is 16.5. The quantitative estimate of drug-likeness (QED) is 0.274. The second-order valence-electron chi connectivity index (χ2n) is 5.19. The third kappa shape index (κ3) is 5.36. The molecule has 1 aromatic carbocycles. The summed E-state index contributed by atoms with van der Waals surface area (Å²) in [5.74, 6) is 1.14. The fourth-order valence-electron chi connectivity index (χ4n) is 1.49. The van der Waals surface area contributed by atoms with E-state index in [1.54, 1.807) is 18.2 Å². The van der Waals surface area contributed by atoms with Gasteiger partial charge in [-0.3, -0.25) is 0 Å².